The normalized spacial score (nSPS) is 12.6. The summed E-state index contributed by atoms with van der Waals surface area (Å²) >= 11 is -1.41. The number of hydrogen-bond acceptors (Lipinski definition) is 4. The van der Waals surface area contributed by atoms with Crippen LogP contribution in [0, 0.1) is 5.82 Å². The summed E-state index contributed by atoms with van der Waals surface area (Å²) in [6, 6.07) is 14.8. The molecule has 0 aliphatic heterocycles. The highest BCUT2D eigenvalue weighted by atomic mass is 32.2. The van der Waals surface area contributed by atoms with E-state index < -0.39 is 22.7 Å². The second-order valence-electron chi connectivity index (χ2n) is 10.8. The van der Waals surface area contributed by atoms with Gasteiger partial charge < -0.3 is 19.6 Å². The van der Waals surface area contributed by atoms with Crippen LogP contribution in [-0.2, 0) is 11.4 Å². The number of fused-ring (bicyclic) bond motifs is 3. The number of benzene rings is 3. The summed E-state index contributed by atoms with van der Waals surface area (Å²) < 4.78 is 34.7. The third-order valence-corrected chi connectivity index (χ3v) is 7.48. The number of carbonyl (C=O) groups is 2. The molecule has 10 heteroatoms. The predicted molar refractivity (Wildman–Crippen MR) is 161 cm³/mol. The summed E-state index contributed by atoms with van der Waals surface area (Å²) in [5, 5.41) is 6.93. The molecule has 0 fully saturated rings. The molecule has 5 rings (SSSR count). The molecule has 0 bridgehead atoms. The first kappa shape index (κ1) is 27.5. The van der Waals surface area contributed by atoms with Crippen molar-refractivity contribution in [3.8, 4) is 22.5 Å². The van der Waals surface area contributed by atoms with Gasteiger partial charge in [-0.05, 0) is 68.8 Å². The number of furan rings is 1. The molecule has 2 amide bonds. The molecule has 0 saturated heterocycles. The van der Waals surface area contributed by atoms with E-state index in [-0.39, 0.29) is 11.8 Å². The van der Waals surface area contributed by atoms with E-state index in [4.69, 9.17) is 4.42 Å². The number of amides is 2. The Morgan fingerprint density at radius 1 is 1.05 bits per heavy atom. The van der Waals surface area contributed by atoms with Gasteiger partial charge in [0.05, 0.1) is 16.9 Å². The van der Waals surface area contributed by atoms with E-state index in [0.29, 0.717) is 55.4 Å². The molecule has 0 radical (unpaired) electrons. The van der Waals surface area contributed by atoms with Crippen LogP contribution in [0.25, 0.3) is 44.3 Å². The van der Waals surface area contributed by atoms with Crippen molar-refractivity contribution in [1.29, 1.82) is 0 Å². The maximum absolute atomic E-state index is 13.7. The molecule has 0 saturated carbocycles. The fourth-order valence-corrected chi connectivity index (χ4v) is 5.69. The van der Waals surface area contributed by atoms with Crippen molar-refractivity contribution in [3.63, 3.8) is 0 Å². The second-order valence-corrected chi connectivity index (χ2v) is 12.0. The summed E-state index contributed by atoms with van der Waals surface area (Å²) in [7, 11) is 3.43. The van der Waals surface area contributed by atoms with Crippen molar-refractivity contribution in [2.45, 2.75) is 26.3 Å². The molecule has 40 heavy (non-hydrogen) atoms. The van der Waals surface area contributed by atoms with Gasteiger partial charge in [-0.1, -0.05) is 17.6 Å². The highest BCUT2D eigenvalue weighted by Crippen LogP contribution is 2.42. The molecule has 1 unspecified atom stereocenters. The van der Waals surface area contributed by atoms with E-state index >= 15 is 0 Å². The summed E-state index contributed by atoms with van der Waals surface area (Å²) in [6.07, 6.45) is 3.38. The second kappa shape index (κ2) is 10.2. The van der Waals surface area contributed by atoms with Gasteiger partial charge in [0.2, 0.25) is 0 Å². The molecule has 2 N–H and O–H groups in total. The van der Waals surface area contributed by atoms with Gasteiger partial charge in [0.25, 0.3) is 11.8 Å². The highest BCUT2D eigenvalue weighted by molar-refractivity contribution is 7.89. The molecule has 0 aliphatic carbocycles. The van der Waals surface area contributed by atoms with Gasteiger partial charge in [0.1, 0.15) is 36.8 Å². The zero-order chi connectivity index (χ0) is 28.9. The van der Waals surface area contributed by atoms with Crippen LogP contribution in [0.15, 0.2) is 65.2 Å². The molecule has 2 heterocycles. The maximum atomic E-state index is 13.7. The van der Waals surface area contributed by atoms with Crippen LogP contribution in [0.5, 0.6) is 0 Å². The smallest absolute Gasteiger partial charge is 0.255 e. The molecule has 7 nitrogen and oxygen atoms in total. The Balaban J connectivity index is 1.86. The van der Waals surface area contributed by atoms with Gasteiger partial charge in [-0.25, -0.2) is 4.39 Å². The maximum Gasteiger partial charge on any atom is 0.255 e. The minimum Gasteiger partial charge on any atom is -0.593 e. The van der Waals surface area contributed by atoms with Gasteiger partial charge in [-0.15, -0.1) is 0 Å². The van der Waals surface area contributed by atoms with Gasteiger partial charge in [-0.2, -0.15) is 3.97 Å². The lowest BCUT2D eigenvalue weighted by Gasteiger charge is -2.20. The summed E-state index contributed by atoms with van der Waals surface area (Å²) in [5.41, 5.74) is 4.22. The third-order valence-electron chi connectivity index (χ3n) is 6.64. The Bertz CT molecular complexity index is 1790. The Morgan fingerprint density at radius 3 is 2.38 bits per heavy atom. The first-order valence-corrected chi connectivity index (χ1v) is 14.3. The lowest BCUT2D eigenvalue weighted by Crippen LogP contribution is -2.40. The van der Waals surface area contributed by atoms with E-state index in [1.807, 2.05) is 40.8 Å². The van der Waals surface area contributed by atoms with Gasteiger partial charge in [0, 0.05) is 46.2 Å². The first-order chi connectivity index (χ1) is 18.9. The lowest BCUT2D eigenvalue weighted by molar-refractivity contribution is 0.0918. The van der Waals surface area contributed by atoms with Crippen molar-refractivity contribution < 1.29 is 22.9 Å². The number of rotatable bonds is 5. The first-order valence-electron chi connectivity index (χ1n) is 12.8. The fraction of sp³-hybridized carbons (Fsp3) is 0.200. The Kier molecular flexibility index (Phi) is 7.01. The molecule has 1 atom stereocenters. The molecule has 5 aromatic rings. The number of hydrogen-bond donors (Lipinski definition) is 2. The number of halogens is 1. The Labute approximate surface area is 235 Å². The molecule has 3 aromatic carbocycles. The standard InChI is InChI=1S/C30H29BFN3O4S/c1-30(2,3)34-28(36)18-8-6-7-17(13-18)20-14-21-23(29(37)33-4)26(16-9-11-19(32)12-10-16)39-27(21)24-22(31)15-35(25(20)24)40(5)38/h6-15H,31H2,1-5H3,(H,33,37)(H,34,36). The molecular weight excluding hydrogens is 528 g/mol. The van der Waals surface area contributed by atoms with Crippen molar-refractivity contribution in [1.82, 2.24) is 14.6 Å². The fourth-order valence-electron chi connectivity index (χ4n) is 4.94. The molecule has 0 aliphatic rings. The third kappa shape index (κ3) is 4.89. The van der Waals surface area contributed by atoms with Crippen molar-refractivity contribution in [2.24, 2.45) is 0 Å². The van der Waals surface area contributed by atoms with E-state index in [0.717, 1.165) is 5.46 Å². The predicted octanol–water partition coefficient (Wildman–Crippen LogP) is 4.15. The zero-order valence-electron chi connectivity index (χ0n) is 23.1. The number of nitrogens with zero attached hydrogens (tertiary/aromatic N) is 1. The van der Waals surface area contributed by atoms with Crippen LogP contribution in [0.3, 0.4) is 0 Å². The minimum absolute atomic E-state index is 0.217. The number of aromatic nitrogens is 1. The number of nitrogens with one attached hydrogen (secondary N) is 2. The quantitative estimate of drug-likeness (QED) is 0.251. The zero-order valence-corrected chi connectivity index (χ0v) is 24.0. The van der Waals surface area contributed by atoms with Gasteiger partial charge >= 0.3 is 0 Å². The monoisotopic (exact) mass is 557 g/mol. The summed E-state index contributed by atoms with van der Waals surface area (Å²) in [4.78, 5) is 26.3. The highest BCUT2D eigenvalue weighted by Gasteiger charge is 2.28. The van der Waals surface area contributed by atoms with Crippen LogP contribution >= 0.6 is 0 Å². The van der Waals surface area contributed by atoms with Crippen molar-refractivity contribution in [3.05, 3.63) is 77.7 Å². The van der Waals surface area contributed by atoms with Crippen LogP contribution in [0.2, 0.25) is 0 Å². The van der Waals surface area contributed by atoms with Crippen molar-refractivity contribution in [2.75, 3.05) is 13.3 Å². The topological polar surface area (TPSA) is 99.3 Å². The van der Waals surface area contributed by atoms with Crippen LogP contribution in [0.1, 0.15) is 41.5 Å². The molecule has 2 aromatic heterocycles. The van der Waals surface area contributed by atoms with E-state index in [9.17, 15) is 18.5 Å². The van der Waals surface area contributed by atoms with Crippen LogP contribution in [0.4, 0.5) is 4.39 Å². The lowest BCUT2D eigenvalue weighted by atomic mass is 9.91. The van der Waals surface area contributed by atoms with Gasteiger partial charge in [0.15, 0.2) is 0 Å². The average Bonchev–Trinajstić information content (AvgIpc) is 3.45. The number of carbonyl (C=O) groups excluding carboxylic acids is 2. The minimum atomic E-state index is -1.41. The van der Waals surface area contributed by atoms with E-state index in [1.54, 1.807) is 46.8 Å². The molecule has 204 valence electrons. The largest absolute Gasteiger partial charge is 0.593 e. The van der Waals surface area contributed by atoms with E-state index in [1.165, 1.54) is 19.2 Å². The average molecular weight is 557 g/mol. The summed E-state index contributed by atoms with van der Waals surface area (Å²) in [6.45, 7) is 5.74. The van der Waals surface area contributed by atoms with Crippen molar-refractivity contribution >= 4 is 58.4 Å². The van der Waals surface area contributed by atoms with Gasteiger partial charge in [-0.3, -0.25) is 9.59 Å². The summed E-state index contributed by atoms with van der Waals surface area (Å²) in [5.74, 6) is -0.682. The van der Waals surface area contributed by atoms with Crippen LogP contribution < -0.4 is 16.1 Å². The Morgan fingerprint density at radius 2 is 1.75 bits per heavy atom. The Hall–Kier alpha value is -4.02. The van der Waals surface area contributed by atoms with Crippen LogP contribution in [-0.4, -0.2) is 47.0 Å². The molecular formula is C30H29BFN3O4S. The molecule has 0 spiro atoms. The SMILES string of the molecule is Bc1cn([S+](C)[O-])c2c(-c3cccc(C(=O)NC(C)(C)C)c3)cc3c(C(=O)NC)c(-c4ccc(F)cc4)oc3c12. The van der Waals surface area contributed by atoms with E-state index in [2.05, 4.69) is 10.6 Å².